The van der Waals surface area contributed by atoms with Crippen LogP contribution in [0.15, 0.2) is 0 Å². The highest BCUT2D eigenvalue weighted by atomic mass is 35.5. The summed E-state index contributed by atoms with van der Waals surface area (Å²) >= 11 is 6.94. The van der Waals surface area contributed by atoms with Gasteiger partial charge in [-0.05, 0) is 31.1 Å². The van der Waals surface area contributed by atoms with Crippen molar-refractivity contribution in [3.8, 4) is 5.88 Å². The van der Waals surface area contributed by atoms with Crippen LogP contribution < -0.4 is 4.74 Å². The summed E-state index contributed by atoms with van der Waals surface area (Å²) in [6, 6.07) is 0. The summed E-state index contributed by atoms with van der Waals surface area (Å²) in [7, 11) is 0. The first kappa shape index (κ1) is 11.1. The van der Waals surface area contributed by atoms with Crippen molar-refractivity contribution in [3.05, 3.63) is 5.15 Å². The Kier molecular flexibility index (Phi) is 3.46. The van der Waals surface area contributed by atoms with Gasteiger partial charge < -0.3 is 4.74 Å². The molecule has 5 heteroatoms. The first-order valence-corrected chi connectivity index (χ1v) is 6.42. The Hall–Kier alpha value is -0.350. The maximum Gasteiger partial charge on any atom is 0.265 e. The third-order valence-electron chi connectivity index (χ3n) is 3.25. The number of aromatic nitrogens is 2. The monoisotopic (exact) mass is 246 g/mol. The van der Waals surface area contributed by atoms with Crippen molar-refractivity contribution in [1.82, 2.24) is 8.75 Å². The molecule has 3 atom stereocenters. The maximum atomic E-state index is 5.84. The molecule has 1 heterocycles. The number of hydrogen-bond acceptors (Lipinski definition) is 4. The van der Waals surface area contributed by atoms with Crippen molar-refractivity contribution in [1.29, 1.82) is 0 Å². The molecule has 15 heavy (non-hydrogen) atoms. The van der Waals surface area contributed by atoms with Gasteiger partial charge in [0.25, 0.3) is 5.88 Å². The second-order valence-corrected chi connectivity index (χ2v) is 5.25. The van der Waals surface area contributed by atoms with Gasteiger partial charge in [0, 0.05) is 0 Å². The molecule has 1 aliphatic rings. The summed E-state index contributed by atoms with van der Waals surface area (Å²) < 4.78 is 13.7. The molecule has 1 aliphatic carbocycles. The Bertz CT molecular complexity index is 331. The van der Waals surface area contributed by atoms with Crippen molar-refractivity contribution in [2.45, 2.75) is 39.2 Å². The fraction of sp³-hybridized carbons (Fsp3) is 0.800. The number of nitrogens with zero attached hydrogens (tertiary/aromatic N) is 2. The van der Waals surface area contributed by atoms with Crippen molar-refractivity contribution in [3.63, 3.8) is 0 Å². The van der Waals surface area contributed by atoms with E-state index in [0.29, 0.717) is 17.0 Å². The van der Waals surface area contributed by atoms with E-state index in [4.69, 9.17) is 16.3 Å². The Labute approximate surface area is 99.1 Å². The average molecular weight is 247 g/mol. The largest absolute Gasteiger partial charge is 0.472 e. The minimum atomic E-state index is 0.262. The van der Waals surface area contributed by atoms with Crippen LogP contribution >= 0.6 is 23.3 Å². The van der Waals surface area contributed by atoms with Gasteiger partial charge in [-0.2, -0.15) is 4.37 Å². The van der Waals surface area contributed by atoms with E-state index in [2.05, 4.69) is 22.6 Å². The molecule has 0 aliphatic heterocycles. The quantitative estimate of drug-likeness (QED) is 0.802. The summed E-state index contributed by atoms with van der Waals surface area (Å²) in [5, 5.41) is 0.395. The van der Waals surface area contributed by atoms with Gasteiger partial charge >= 0.3 is 0 Å². The average Bonchev–Trinajstić information content (AvgIpc) is 2.59. The van der Waals surface area contributed by atoms with E-state index in [9.17, 15) is 0 Å². The predicted octanol–water partition coefficient (Wildman–Crippen LogP) is 3.40. The van der Waals surface area contributed by atoms with Crippen LogP contribution in [-0.2, 0) is 0 Å². The first-order valence-electron chi connectivity index (χ1n) is 5.31. The fourth-order valence-corrected chi connectivity index (χ4v) is 2.63. The minimum absolute atomic E-state index is 0.262. The summed E-state index contributed by atoms with van der Waals surface area (Å²) in [6.07, 6.45) is 3.67. The standard InChI is InChI=1S/C10H15ClN2OS/c1-6-3-4-8(5-7(6)2)14-10-9(11)12-15-13-10/h6-8H,3-5H2,1-2H3. The van der Waals surface area contributed by atoms with E-state index in [0.717, 1.165) is 30.5 Å². The summed E-state index contributed by atoms with van der Waals surface area (Å²) in [5.41, 5.74) is 0. The molecule has 1 saturated carbocycles. The molecule has 1 aromatic heterocycles. The third kappa shape index (κ3) is 2.61. The molecule has 0 saturated heterocycles. The molecule has 84 valence electrons. The zero-order valence-electron chi connectivity index (χ0n) is 8.94. The van der Waals surface area contributed by atoms with Crippen LogP contribution in [0.1, 0.15) is 33.1 Å². The van der Waals surface area contributed by atoms with Crippen molar-refractivity contribution < 1.29 is 4.74 Å². The van der Waals surface area contributed by atoms with E-state index in [-0.39, 0.29) is 6.10 Å². The molecule has 0 amide bonds. The summed E-state index contributed by atoms with van der Waals surface area (Å²) in [5.74, 6) is 2.02. The van der Waals surface area contributed by atoms with Gasteiger partial charge in [0.15, 0.2) is 0 Å². The molecule has 0 N–H and O–H groups in total. The normalized spacial score (nSPS) is 31.5. The van der Waals surface area contributed by atoms with Gasteiger partial charge in [0.05, 0.1) is 11.7 Å². The molecular weight excluding hydrogens is 232 g/mol. The van der Waals surface area contributed by atoms with E-state index in [1.54, 1.807) is 0 Å². The van der Waals surface area contributed by atoms with E-state index >= 15 is 0 Å². The van der Waals surface area contributed by atoms with Crippen molar-refractivity contribution in [2.75, 3.05) is 0 Å². The van der Waals surface area contributed by atoms with Crippen LogP contribution in [0.25, 0.3) is 0 Å². The van der Waals surface area contributed by atoms with Crippen molar-refractivity contribution in [2.24, 2.45) is 11.8 Å². The highest BCUT2D eigenvalue weighted by molar-refractivity contribution is 6.99. The Morgan fingerprint density at radius 3 is 2.67 bits per heavy atom. The molecular formula is C10H15ClN2OS. The zero-order valence-corrected chi connectivity index (χ0v) is 10.5. The Balaban J connectivity index is 1.94. The second-order valence-electron chi connectivity index (χ2n) is 4.37. The van der Waals surface area contributed by atoms with Gasteiger partial charge in [-0.15, -0.1) is 4.37 Å². The van der Waals surface area contributed by atoms with Crippen molar-refractivity contribution >= 4 is 23.3 Å². The number of ether oxygens (including phenoxy) is 1. The molecule has 1 aromatic rings. The van der Waals surface area contributed by atoms with E-state index < -0.39 is 0 Å². The maximum absolute atomic E-state index is 5.84. The minimum Gasteiger partial charge on any atom is -0.472 e. The third-order valence-corrected chi connectivity index (χ3v) is 4.11. The lowest BCUT2D eigenvalue weighted by molar-refractivity contribution is 0.0973. The lowest BCUT2D eigenvalue weighted by Gasteiger charge is -2.31. The topological polar surface area (TPSA) is 35.0 Å². The second kappa shape index (κ2) is 4.66. The molecule has 0 radical (unpaired) electrons. The molecule has 0 aromatic carbocycles. The van der Waals surface area contributed by atoms with Crippen LogP contribution in [0.5, 0.6) is 5.88 Å². The van der Waals surface area contributed by atoms with E-state index in [1.165, 1.54) is 6.42 Å². The molecule has 3 unspecified atom stereocenters. The number of hydrogen-bond donors (Lipinski definition) is 0. The molecule has 0 bridgehead atoms. The number of halogens is 1. The Morgan fingerprint density at radius 1 is 1.27 bits per heavy atom. The number of rotatable bonds is 2. The Morgan fingerprint density at radius 2 is 2.07 bits per heavy atom. The SMILES string of the molecule is CC1CCC(Oc2nsnc2Cl)CC1C. The predicted molar refractivity (Wildman–Crippen MR) is 61.5 cm³/mol. The lowest BCUT2D eigenvalue weighted by Crippen LogP contribution is -2.28. The van der Waals surface area contributed by atoms with Gasteiger partial charge in [-0.25, -0.2) is 0 Å². The van der Waals surface area contributed by atoms with Gasteiger partial charge in [-0.3, -0.25) is 0 Å². The summed E-state index contributed by atoms with van der Waals surface area (Å²) in [4.78, 5) is 0. The van der Waals surface area contributed by atoms with Crippen LogP contribution in [0, 0.1) is 11.8 Å². The fourth-order valence-electron chi connectivity index (χ4n) is 2.00. The zero-order chi connectivity index (χ0) is 10.8. The lowest BCUT2D eigenvalue weighted by atomic mass is 9.80. The van der Waals surface area contributed by atoms with Crippen LogP contribution in [0.3, 0.4) is 0 Å². The van der Waals surface area contributed by atoms with Gasteiger partial charge in [0.2, 0.25) is 5.15 Å². The van der Waals surface area contributed by atoms with Gasteiger partial charge in [-0.1, -0.05) is 25.4 Å². The highest BCUT2D eigenvalue weighted by Gasteiger charge is 2.26. The molecule has 0 spiro atoms. The van der Waals surface area contributed by atoms with Crippen LogP contribution in [0.4, 0.5) is 0 Å². The van der Waals surface area contributed by atoms with Crippen LogP contribution in [-0.4, -0.2) is 14.9 Å². The summed E-state index contributed by atoms with van der Waals surface area (Å²) in [6.45, 7) is 4.58. The van der Waals surface area contributed by atoms with Crippen LogP contribution in [0.2, 0.25) is 5.15 Å². The molecule has 1 fully saturated rings. The molecule has 3 nitrogen and oxygen atoms in total. The smallest absolute Gasteiger partial charge is 0.265 e. The highest BCUT2D eigenvalue weighted by Crippen LogP contribution is 2.32. The van der Waals surface area contributed by atoms with Gasteiger partial charge in [0.1, 0.15) is 6.10 Å². The van der Waals surface area contributed by atoms with E-state index in [1.807, 2.05) is 0 Å². The molecule has 2 rings (SSSR count). The first-order chi connectivity index (χ1) is 7.16.